The van der Waals surface area contributed by atoms with E-state index in [-0.39, 0.29) is 25.4 Å². The molecule has 0 saturated carbocycles. The maximum absolute atomic E-state index is 8.46. The van der Waals surface area contributed by atoms with Gasteiger partial charge < -0.3 is 21.3 Å². The molecule has 0 aromatic rings. The molecule has 0 aliphatic rings. The van der Waals surface area contributed by atoms with Gasteiger partial charge in [0.1, 0.15) is 6.73 Å². The van der Waals surface area contributed by atoms with Gasteiger partial charge in [-0.3, -0.25) is 0 Å². The van der Waals surface area contributed by atoms with E-state index in [1.54, 1.807) is 6.92 Å². The van der Waals surface area contributed by atoms with Crippen molar-refractivity contribution in [1.29, 1.82) is 0 Å². The van der Waals surface area contributed by atoms with Crippen LogP contribution in [-0.4, -0.2) is 30.5 Å². The summed E-state index contributed by atoms with van der Waals surface area (Å²) in [4.78, 5) is 3.55. The standard InChI is InChI=1S/C5H13N3O2/c1-4(2-9)10-3-8-5(6)7/h4,9H,2-3H2,1H3,(H4,6,7,8). The maximum atomic E-state index is 8.46. The van der Waals surface area contributed by atoms with Crippen molar-refractivity contribution in [2.75, 3.05) is 13.3 Å². The van der Waals surface area contributed by atoms with Crippen molar-refractivity contribution in [3.8, 4) is 0 Å². The number of aliphatic imine (C=N–C) groups is 1. The van der Waals surface area contributed by atoms with E-state index in [2.05, 4.69) is 4.99 Å². The van der Waals surface area contributed by atoms with E-state index in [1.807, 2.05) is 0 Å². The normalized spacial score (nSPS) is 12.6. The third-order valence-electron chi connectivity index (χ3n) is 0.863. The number of hydrogen-bond acceptors (Lipinski definition) is 3. The molecule has 0 spiro atoms. The average molecular weight is 147 g/mol. The molecule has 0 fully saturated rings. The third-order valence-corrected chi connectivity index (χ3v) is 0.863. The van der Waals surface area contributed by atoms with Crippen molar-refractivity contribution in [2.45, 2.75) is 13.0 Å². The van der Waals surface area contributed by atoms with Crippen LogP contribution in [0.2, 0.25) is 0 Å². The molecule has 60 valence electrons. The van der Waals surface area contributed by atoms with Gasteiger partial charge in [-0.2, -0.15) is 0 Å². The average Bonchev–Trinajstić information content (AvgIpc) is 1.87. The summed E-state index contributed by atoms with van der Waals surface area (Å²) in [6.45, 7) is 1.80. The summed E-state index contributed by atoms with van der Waals surface area (Å²) in [5, 5.41) is 8.46. The van der Waals surface area contributed by atoms with Crippen LogP contribution in [0.1, 0.15) is 6.92 Å². The highest BCUT2D eigenvalue weighted by Gasteiger charge is 1.96. The van der Waals surface area contributed by atoms with Crippen LogP contribution in [-0.2, 0) is 4.74 Å². The summed E-state index contributed by atoms with van der Waals surface area (Å²) < 4.78 is 4.90. The van der Waals surface area contributed by atoms with Crippen LogP contribution in [0.25, 0.3) is 0 Å². The molecule has 1 unspecified atom stereocenters. The van der Waals surface area contributed by atoms with E-state index in [1.165, 1.54) is 0 Å². The Hall–Kier alpha value is -0.810. The molecule has 0 aromatic heterocycles. The molecule has 0 aliphatic heterocycles. The quantitative estimate of drug-likeness (QED) is 0.337. The fourth-order valence-corrected chi connectivity index (χ4v) is 0.292. The summed E-state index contributed by atoms with van der Waals surface area (Å²) >= 11 is 0. The van der Waals surface area contributed by atoms with Gasteiger partial charge in [0.2, 0.25) is 0 Å². The fraction of sp³-hybridized carbons (Fsp3) is 0.800. The molecule has 0 saturated heterocycles. The van der Waals surface area contributed by atoms with Gasteiger partial charge in [-0.05, 0) is 6.92 Å². The second-order valence-electron chi connectivity index (χ2n) is 1.87. The van der Waals surface area contributed by atoms with E-state index in [0.29, 0.717) is 0 Å². The predicted molar refractivity (Wildman–Crippen MR) is 38.3 cm³/mol. The van der Waals surface area contributed by atoms with Crippen LogP contribution >= 0.6 is 0 Å². The first kappa shape index (κ1) is 9.19. The number of nitrogens with zero attached hydrogens (tertiary/aromatic N) is 1. The van der Waals surface area contributed by atoms with E-state index in [0.717, 1.165) is 0 Å². The van der Waals surface area contributed by atoms with Crippen molar-refractivity contribution in [1.82, 2.24) is 0 Å². The molecular weight excluding hydrogens is 134 g/mol. The van der Waals surface area contributed by atoms with E-state index in [4.69, 9.17) is 21.3 Å². The zero-order valence-electron chi connectivity index (χ0n) is 5.95. The molecule has 0 rings (SSSR count). The SMILES string of the molecule is CC(CO)OCN=C(N)N. The highest BCUT2D eigenvalue weighted by molar-refractivity contribution is 5.75. The molecule has 0 amide bonds. The second-order valence-corrected chi connectivity index (χ2v) is 1.87. The Morgan fingerprint density at radius 3 is 2.70 bits per heavy atom. The molecule has 0 bridgehead atoms. The Kier molecular flexibility index (Phi) is 4.61. The second kappa shape index (κ2) is 5.01. The van der Waals surface area contributed by atoms with Crippen molar-refractivity contribution in [3.05, 3.63) is 0 Å². The number of guanidine groups is 1. The van der Waals surface area contributed by atoms with Gasteiger partial charge in [0, 0.05) is 0 Å². The smallest absolute Gasteiger partial charge is 0.188 e. The molecule has 5 heteroatoms. The number of ether oxygens (including phenoxy) is 1. The third kappa shape index (κ3) is 5.33. The Bertz CT molecular complexity index is 111. The lowest BCUT2D eigenvalue weighted by Gasteiger charge is -2.05. The zero-order valence-corrected chi connectivity index (χ0v) is 5.95. The summed E-state index contributed by atoms with van der Waals surface area (Å²) in [6.07, 6.45) is -0.219. The monoisotopic (exact) mass is 147 g/mol. The minimum absolute atomic E-state index is 0.00913. The lowest BCUT2D eigenvalue weighted by Crippen LogP contribution is -2.24. The van der Waals surface area contributed by atoms with Gasteiger partial charge in [-0.1, -0.05) is 0 Å². The Morgan fingerprint density at radius 1 is 1.70 bits per heavy atom. The van der Waals surface area contributed by atoms with Crippen LogP contribution in [0.4, 0.5) is 0 Å². The van der Waals surface area contributed by atoms with Crippen molar-refractivity contribution >= 4 is 5.96 Å². The van der Waals surface area contributed by atoms with Gasteiger partial charge >= 0.3 is 0 Å². The lowest BCUT2D eigenvalue weighted by molar-refractivity contribution is 0.0294. The largest absolute Gasteiger partial charge is 0.394 e. The molecular formula is C5H13N3O2. The number of hydrogen-bond donors (Lipinski definition) is 3. The van der Waals surface area contributed by atoms with Crippen LogP contribution in [0.5, 0.6) is 0 Å². The molecule has 0 aromatic carbocycles. The summed E-state index contributed by atoms with van der Waals surface area (Å²) in [7, 11) is 0. The molecule has 0 radical (unpaired) electrons. The van der Waals surface area contributed by atoms with Gasteiger partial charge in [0.15, 0.2) is 5.96 Å². The maximum Gasteiger partial charge on any atom is 0.188 e. The number of aliphatic hydroxyl groups excluding tert-OH is 1. The molecule has 5 nitrogen and oxygen atoms in total. The number of nitrogens with two attached hydrogens (primary N) is 2. The first-order chi connectivity index (χ1) is 4.66. The summed E-state index contributed by atoms with van der Waals surface area (Å²) in [5.41, 5.74) is 10.0. The van der Waals surface area contributed by atoms with Crippen LogP contribution < -0.4 is 11.5 Å². The molecule has 0 aliphatic carbocycles. The van der Waals surface area contributed by atoms with Crippen LogP contribution in [0.3, 0.4) is 0 Å². The lowest BCUT2D eigenvalue weighted by atomic mass is 10.4. The minimum Gasteiger partial charge on any atom is -0.394 e. The van der Waals surface area contributed by atoms with E-state index in [9.17, 15) is 0 Å². The summed E-state index contributed by atoms with van der Waals surface area (Å²) in [6, 6.07) is 0. The minimum atomic E-state index is -0.219. The van der Waals surface area contributed by atoms with Gasteiger partial charge in [0.25, 0.3) is 0 Å². The van der Waals surface area contributed by atoms with Crippen molar-refractivity contribution in [2.24, 2.45) is 16.5 Å². The molecule has 5 N–H and O–H groups in total. The van der Waals surface area contributed by atoms with Crippen molar-refractivity contribution in [3.63, 3.8) is 0 Å². The first-order valence-corrected chi connectivity index (χ1v) is 2.94. The molecule has 0 heterocycles. The number of aliphatic hydroxyl groups is 1. The van der Waals surface area contributed by atoms with Crippen LogP contribution in [0.15, 0.2) is 4.99 Å². The highest BCUT2D eigenvalue weighted by atomic mass is 16.5. The topological polar surface area (TPSA) is 93.9 Å². The van der Waals surface area contributed by atoms with Crippen LogP contribution in [0, 0.1) is 0 Å². The Morgan fingerprint density at radius 2 is 2.30 bits per heavy atom. The molecule has 1 atom stereocenters. The van der Waals surface area contributed by atoms with Gasteiger partial charge in [-0.25, -0.2) is 4.99 Å². The number of rotatable bonds is 4. The fourth-order valence-electron chi connectivity index (χ4n) is 0.292. The Balaban J connectivity index is 3.28. The summed E-state index contributed by atoms with van der Waals surface area (Å²) in [5.74, 6) is -0.00913. The molecule has 10 heavy (non-hydrogen) atoms. The Labute approximate surface area is 59.7 Å². The predicted octanol–water partition coefficient (Wildman–Crippen LogP) is -1.39. The van der Waals surface area contributed by atoms with E-state index < -0.39 is 0 Å². The van der Waals surface area contributed by atoms with E-state index >= 15 is 0 Å². The highest BCUT2D eigenvalue weighted by Crippen LogP contribution is 1.86. The van der Waals surface area contributed by atoms with Crippen molar-refractivity contribution < 1.29 is 9.84 Å². The van der Waals surface area contributed by atoms with Gasteiger partial charge in [-0.15, -0.1) is 0 Å². The zero-order chi connectivity index (χ0) is 7.98. The van der Waals surface area contributed by atoms with Gasteiger partial charge in [0.05, 0.1) is 12.7 Å². The first-order valence-electron chi connectivity index (χ1n) is 2.94.